The summed E-state index contributed by atoms with van der Waals surface area (Å²) in [6, 6.07) is 16.0. The molecule has 0 unspecified atom stereocenters. The van der Waals surface area contributed by atoms with Gasteiger partial charge in [-0.1, -0.05) is 40.2 Å². The van der Waals surface area contributed by atoms with E-state index >= 15 is 0 Å². The maximum Gasteiger partial charge on any atom is 0.251 e. The number of hydrogen-bond acceptors (Lipinski definition) is 2. The van der Waals surface area contributed by atoms with E-state index < -0.39 is 0 Å². The first-order valence-corrected chi connectivity index (χ1v) is 9.30. The number of benzene rings is 2. The molecule has 2 N–H and O–H groups in total. The second kappa shape index (κ2) is 12.0. The zero-order valence-electron chi connectivity index (χ0n) is 15.8. The number of amides is 1. The zero-order chi connectivity index (χ0) is 18.9. The lowest BCUT2D eigenvalue weighted by Crippen LogP contribution is -2.39. The molecule has 0 saturated carbocycles. The first-order valence-electron chi connectivity index (χ1n) is 8.50. The normalized spacial score (nSPS) is 10.7. The molecule has 0 aliphatic heterocycles. The third-order valence-corrected chi connectivity index (χ3v) is 4.55. The van der Waals surface area contributed by atoms with Gasteiger partial charge in [-0.25, -0.2) is 0 Å². The van der Waals surface area contributed by atoms with Crippen molar-refractivity contribution in [2.45, 2.75) is 13.0 Å². The number of hydrogen-bond donors (Lipinski definition) is 2. The van der Waals surface area contributed by atoms with Crippen molar-refractivity contribution in [2.24, 2.45) is 4.99 Å². The number of aliphatic imine (C=N–C) groups is 1. The Balaban J connectivity index is 0.00000364. The van der Waals surface area contributed by atoms with E-state index in [2.05, 4.69) is 48.6 Å². The standard InChI is InChI=1S/C20H25BrN4O.HI/c1-22-19(26)17-6-4-5-15(13-17)11-12-24-20(23-2)25(3)14-16-7-9-18(21)10-8-16;/h4-10,13H,11-12,14H2,1-3H3,(H,22,26)(H,23,24);1H. The van der Waals surface area contributed by atoms with Crippen LogP contribution < -0.4 is 10.6 Å². The van der Waals surface area contributed by atoms with Gasteiger partial charge < -0.3 is 15.5 Å². The van der Waals surface area contributed by atoms with Crippen LogP contribution >= 0.6 is 39.9 Å². The van der Waals surface area contributed by atoms with Gasteiger partial charge in [0, 0.05) is 44.3 Å². The predicted octanol–water partition coefficient (Wildman–Crippen LogP) is 3.68. The number of carbonyl (C=O) groups is 1. The van der Waals surface area contributed by atoms with Gasteiger partial charge >= 0.3 is 0 Å². The smallest absolute Gasteiger partial charge is 0.251 e. The highest BCUT2D eigenvalue weighted by atomic mass is 127. The molecule has 146 valence electrons. The monoisotopic (exact) mass is 544 g/mol. The number of rotatable bonds is 6. The summed E-state index contributed by atoms with van der Waals surface area (Å²) >= 11 is 3.45. The molecule has 7 heteroatoms. The van der Waals surface area contributed by atoms with Crippen molar-refractivity contribution in [2.75, 3.05) is 27.7 Å². The van der Waals surface area contributed by atoms with Crippen LogP contribution in [0.2, 0.25) is 0 Å². The Morgan fingerprint density at radius 1 is 1.15 bits per heavy atom. The fraction of sp³-hybridized carbons (Fsp3) is 0.300. The SMILES string of the molecule is CN=C(NCCc1cccc(C(=O)NC)c1)N(C)Cc1ccc(Br)cc1.I. The number of nitrogens with one attached hydrogen (secondary N) is 2. The molecule has 27 heavy (non-hydrogen) atoms. The van der Waals surface area contributed by atoms with E-state index in [1.165, 1.54) is 5.56 Å². The third-order valence-electron chi connectivity index (χ3n) is 4.02. The molecule has 0 atom stereocenters. The minimum Gasteiger partial charge on any atom is -0.356 e. The Morgan fingerprint density at radius 3 is 2.48 bits per heavy atom. The Morgan fingerprint density at radius 2 is 1.85 bits per heavy atom. The first-order chi connectivity index (χ1) is 12.5. The molecule has 0 saturated heterocycles. The number of carbonyl (C=O) groups excluding carboxylic acids is 1. The Labute approximate surface area is 186 Å². The van der Waals surface area contributed by atoms with Gasteiger partial charge in [0.25, 0.3) is 5.91 Å². The molecule has 0 spiro atoms. The van der Waals surface area contributed by atoms with E-state index in [9.17, 15) is 4.79 Å². The summed E-state index contributed by atoms with van der Waals surface area (Å²) in [5.74, 6) is 0.778. The molecule has 0 radical (unpaired) electrons. The van der Waals surface area contributed by atoms with E-state index in [1.807, 2.05) is 43.4 Å². The van der Waals surface area contributed by atoms with Crippen LogP contribution in [0.3, 0.4) is 0 Å². The maximum atomic E-state index is 11.7. The highest BCUT2D eigenvalue weighted by Crippen LogP contribution is 2.12. The molecule has 1 amide bonds. The van der Waals surface area contributed by atoms with Crippen LogP contribution in [-0.4, -0.2) is 44.5 Å². The molecule has 0 heterocycles. The van der Waals surface area contributed by atoms with E-state index in [-0.39, 0.29) is 29.9 Å². The zero-order valence-corrected chi connectivity index (χ0v) is 19.7. The largest absolute Gasteiger partial charge is 0.356 e. The van der Waals surface area contributed by atoms with Gasteiger partial charge in [0.1, 0.15) is 0 Å². The number of halogens is 2. The number of nitrogens with zero attached hydrogens (tertiary/aromatic N) is 2. The summed E-state index contributed by atoms with van der Waals surface area (Å²) in [7, 11) is 5.44. The summed E-state index contributed by atoms with van der Waals surface area (Å²) in [6.07, 6.45) is 0.815. The fourth-order valence-corrected chi connectivity index (χ4v) is 2.92. The van der Waals surface area contributed by atoms with E-state index in [4.69, 9.17) is 0 Å². The summed E-state index contributed by atoms with van der Waals surface area (Å²) in [5.41, 5.74) is 3.02. The molecule has 2 aromatic rings. The van der Waals surface area contributed by atoms with Crippen LogP contribution in [0.25, 0.3) is 0 Å². The second-order valence-corrected chi connectivity index (χ2v) is 6.90. The van der Waals surface area contributed by atoms with Crippen LogP contribution in [0.15, 0.2) is 58.0 Å². The Bertz CT molecular complexity index is 765. The summed E-state index contributed by atoms with van der Waals surface area (Å²) < 4.78 is 1.07. The minimum absolute atomic E-state index is 0. The molecular weight excluding hydrogens is 519 g/mol. The molecule has 0 aromatic heterocycles. The van der Waals surface area contributed by atoms with Gasteiger partial charge in [-0.05, 0) is 41.8 Å². The molecule has 2 aromatic carbocycles. The van der Waals surface area contributed by atoms with E-state index in [0.717, 1.165) is 35.5 Å². The average molecular weight is 545 g/mol. The van der Waals surface area contributed by atoms with Crippen molar-refractivity contribution < 1.29 is 4.79 Å². The van der Waals surface area contributed by atoms with Gasteiger partial charge in [0.05, 0.1) is 0 Å². The molecular formula is C20H26BrIN4O. The summed E-state index contributed by atoms with van der Waals surface area (Å²) in [6.45, 7) is 1.52. The van der Waals surface area contributed by atoms with Crippen molar-refractivity contribution in [3.8, 4) is 0 Å². The lowest BCUT2D eigenvalue weighted by Gasteiger charge is -2.22. The molecule has 5 nitrogen and oxygen atoms in total. The van der Waals surface area contributed by atoms with Gasteiger partial charge in [0.15, 0.2) is 5.96 Å². The van der Waals surface area contributed by atoms with Crippen LogP contribution in [0.5, 0.6) is 0 Å². The molecule has 0 aliphatic rings. The second-order valence-electron chi connectivity index (χ2n) is 5.99. The molecule has 0 aliphatic carbocycles. The van der Waals surface area contributed by atoms with Crippen LogP contribution in [0, 0.1) is 0 Å². The fourth-order valence-electron chi connectivity index (χ4n) is 2.65. The lowest BCUT2D eigenvalue weighted by molar-refractivity contribution is 0.0963. The van der Waals surface area contributed by atoms with Gasteiger partial charge in [-0.3, -0.25) is 9.79 Å². The van der Waals surface area contributed by atoms with Crippen molar-refractivity contribution in [1.82, 2.24) is 15.5 Å². The highest BCUT2D eigenvalue weighted by molar-refractivity contribution is 14.0. The minimum atomic E-state index is -0.0650. The quantitative estimate of drug-likeness (QED) is 0.331. The van der Waals surface area contributed by atoms with E-state index in [0.29, 0.717) is 5.56 Å². The van der Waals surface area contributed by atoms with Crippen molar-refractivity contribution >= 4 is 51.8 Å². The van der Waals surface area contributed by atoms with Gasteiger partial charge in [-0.2, -0.15) is 0 Å². The Kier molecular flexibility index (Phi) is 10.4. The number of guanidine groups is 1. The molecule has 0 bridgehead atoms. The van der Waals surface area contributed by atoms with Crippen LogP contribution in [-0.2, 0) is 13.0 Å². The summed E-state index contributed by atoms with van der Waals surface area (Å²) in [5, 5.41) is 6.03. The maximum absolute atomic E-state index is 11.7. The molecule has 2 rings (SSSR count). The lowest BCUT2D eigenvalue weighted by atomic mass is 10.1. The van der Waals surface area contributed by atoms with Crippen molar-refractivity contribution in [3.05, 3.63) is 69.7 Å². The predicted molar refractivity (Wildman–Crippen MR) is 126 cm³/mol. The van der Waals surface area contributed by atoms with E-state index in [1.54, 1.807) is 14.1 Å². The van der Waals surface area contributed by atoms with Crippen molar-refractivity contribution in [1.29, 1.82) is 0 Å². The third kappa shape index (κ3) is 7.50. The molecule has 0 fully saturated rings. The average Bonchev–Trinajstić information content (AvgIpc) is 2.66. The highest BCUT2D eigenvalue weighted by Gasteiger charge is 2.07. The summed E-state index contributed by atoms with van der Waals surface area (Å²) in [4.78, 5) is 18.2. The first kappa shape index (κ1) is 23.4. The van der Waals surface area contributed by atoms with Crippen LogP contribution in [0.4, 0.5) is 0 Å². The topological polar surface area (TPSA) is 56.7 Å². The van der Waals surface area contributed by atoms with Crippen LogP contribution in [0.1, 0.15) is 21.5 Å². The Hall–Kier alpha value is -1.61. The van der Waals surface area contributed by atoms with Crippen molar-refractivity contribution in [3.63, 3.8) is 0 Å². The van der Waals surface area contributed by atoms with Gasteiger partial charge in [0.2, 0.25) is 0 Å². The van der Waals surface area contributed by atoms with Gasteiger partial charge in [-0.15, -0.1) is 24.0 Å².